The summed E-state index contributed by atoms with van der Waals surface area (Å²) in [5, 5.41) is 18.1. The molecule has 1 fully saturated rings. The van der Waals surface area contributed by atoms with Gasteiger partial charge in [0.2, 0.25) is 0 Å². The standard InChI is InChI=1S/C36H45N3O6S.C35H41N4O4.C4H9NO5S/c1-37(2)31-18-12-28(13-19-31)35(29-14-20-32(21-15-29)38(3)4)22-11-27-9-16-33(17-10-27)39(5)24-7-6-8-34(40)26-30(36(41)42)23-25-46(43,44)45;1-36(2)29-18-12-27(13-19-29)32(28-14-20-30(21-15-28)37(3)4)22-11-26-9-16-31(17-10-26)38(5)25-7-6-8-35(42)43-39-33(40)23-24-34(39)41;5-3(4(6)7)1-2-11(8,9)10/h9-22,30H,6-8,23-26H2,1-5H3,(H-,41,42,43,44,45);9-22H,6-8,23-25H2,1-5H3;3H,1-2,5H2,(H,6,7)(H,8,9,10)/q;+1;/p+1. The molecule has 7 rings (SSSR count). The molecule has 23 nitrogen and oxygen atoms in total. The Labute approximate surface area is 588 Å². The van der Waals surface area contributed by atoms with Gasteiger partial charge in [0.1, 0.15) is 40.0 Å². The van der Waals surface area contributed by atoms with Crippen LogP contribution in [0.3, 0.4) is 0 Å². The Bertz CT molecular complexity index is 4030. The van der Waals surface area contributed by atoms with Crippen LogP contribution in [0.1, 0.15) is 92.9 Å². The SMILES string of the molecule is CN(C)c1ccc(C(/C=C/c2ccc(N(C)CCCCC(=O)CC(CCS(=O)(=O)O)C(=O)O)cc2)=C2C=CC(=[N+](C)C)C=C2)cc1.CN(C)c1ccc(C(/C=C/c2ccc(N(C)CCCCC(=O)ON3C(=O)CCC3=O)cc2)=C2C=CC(=[N+](C)C)C=C2)cc1.NC(CCS(=O)(=O)O)C(=O)O. The van der Waals surface area contributed by atoms with Crippen LogP contribution in [0.5, 0.6) is 0 Å². The van der Waals surface area contributed by atoms with Crippen LogP contribution in [-0.4, -0.2) is 198 Å². The van der Waals surface area contributed by atoms with Gasteiger partial charge < -0.3 is 40.4 Å². The Morgan fingerprint density at radius 2 is 0.900 bits per heavy atom. The molecule has 4 aromatic carbocycles. The molecule has 2 atom stereocenters. The van der Waals surface area contributed by atoms with Crippen LogP contribution in [0.15, 0.2) is 169 Å². The van der Waals surface area contributed by atoms with Gasteiger partial charge in [0.05, 0.1) is 17.4 Å². The number of carbonyl (C=O) groups excluding carboxylic acids is 4. The molecule has 2 amide bonds. The molecule has 2 aliphatic carbocycles. The smallest absolute Gasteiger partial charge is 0.333 e. The van der Waals surface area contributed by atoms with Gasteiger partial charge in [0.15, 0.2) is 11.4 Å². The van der Waals surface area contributed by atoms with E-state index in [1.165, 1.54) is 0 Å². The molecule has 1 saturated heterocycles. The molecule has 536 valence electrons. The number of rotatable bonds is 31. The van der Waals surface area contributed by atoms with Crippen molar-refractivity contribution in [1.29, 1.82) is 0 Å². The molecule has 1 heterocycles. The summed E-state index contributed by atoms with van der Waals surface area (Å²) in [4.78, 5) is 82.3. The third-order valence-corrected chi connectivity index (χ3v) is 17.9. The van der Waals surface area contributed by atoms with Gasteiger partial charge in [0, 0.05) is 135 Å². The summed E-state index contributed by atoms with van der Waals surface area (Å²) in [5.41, 5.74) is 20.7. The molecule has 2 unspecified atom stereocenters. The van der Waals surface area contributed by atoms with Crippen molar-refractivity contribution in [3.8, 4) is 0 Å². The number of nitrogens with zero attached hydrogens (tertiary/aromatic N) is 7. The average molecular weight is 1410 g/mol. The lowest BCUT2D eigenvalue weighted by molar-refractivity contribution is -0.462. The number of hydrogen-bond acceptors (Lipinski definition) is 16. The zero-order valence-electron chi connectivity index (χ0n) is 58.7. The quantitative estimate of drug-likeness (QED) is 0.0135. The molecular weight excluding hydrogens is 1320 g/mol. The van der Waals surface area contributed by atoms with E-state index in [0.717, 1.165) is 105 Å². The summed E-state index contributed by atoms with van der Waals surface area (Å²) < 4.78 is 63.2. The van der Waals surface area contributed by atoms with Gasteiger partial charge in [-0.1, -0.05) is 72.8 Å². The third-order valence-electron chi connectivity index (χ3n) is 16.4. The molecule has 0 radical (unpaired) electrons. The zero-order chi connectivity index (χ0) is 73.9. The van der Waals surface area contributed by atoms with Crippen LogP contribution in [0.25, 0.3) is 23.3 Å². The molecule has 0 aromatic heterocycles. The molecule has 4 aromatic rings. The van der Waals surface area contributed by atoms with E-state index in [9.17, 15) is 50.7 Å². The number of anilines is 4. The van der Waals surface area contributed by atoms with E-state index in [-0.39, 0.29) is 50.7 Å². The van der Waals surface area contributed by atoms with E-state index in [4.69, 9.17) is 24.8 Å². The second kappa shape index (κ2) is 39.2. The fourth-order valence-electron chi connectivity index (χ4n) is 10.2. The summed E-state index contributed by atoms with van der Waals surface area (Å²) in [6, 6.07) is 32.6. The van der Waals surface area contributed by atoms with E-state index in [2.05, 4.69) is 199 Å². The average Bonchev–Trinajstić information content (AvgIpc) is 1.03. The van der Waals surface area contributed by atoms with Crippen molar-refractivity contribution in [2.24, 2.45) is 11.7 Å². The second-order valence-electron chi connectivity index (χ2n) is 25.1. The van der Waals surface area contributed by atoms with Gasteiger partial charge in [-0.3, -0.25) is 33.1 Å². The number of carbonyl (C=O) groups is 6. The maximum Gasteiger partial charge on any atom is 0.333 e. The Morgan fingerprint density at radius 1 is 0.530 bits per heavy atom. The lowest BCUT2D eigenvalue weighted by Gasteiger charge is -2.19. The Balaban J connectivity index is 0.000000313. The van der Waals surface area contributed by atoms with Crippen LogP contribution in [0, 0.1) is 5.92 Å². The number of allylic oxidation sites excluding steroid dienone is 14. The number of nitrogens with two attached hydrogens (primary N) is 1. The lowest BCUT2D eigenvalue weighted by atomic mass is 9.95. The van der Waals surface area contributed by atoms with Crippen molar-refractivity contribution in [2.45, 2.75) is 76.7 Å². The Kier molecular flexibility index (Phi) is 31.8. The van der Waals surface area contributed by atoms with Crippen LogP contribution < -0.4 is 25.3 Å². The molecule has 6 N–H and O–H groups in total. The fraction of sp³-hybridized carbons (Fsp3) is 0.360. The lowest BCUT2D eigenvalue weighted by Crippen LogP contribution is -2.32. The van der Waals surface area contributed by atoms with E-state index in [1.807, 2.05) is 70.5 Å². The van der Waals surface area contributed by atoms with Gasteiger partial charge in [-0.2, -0.15) is 16.8 Å². The van der Waals surface area contributed by atoms with Crippen molar-refractivity contribution < 1.29 is 78.9 Å². The molecule has 0 spiro atoms. The van der Waals surface area contributed by atoms with Crippen molar-refractivity contribution >= 4 is 113 Å². The summed E-state index contributed by atoms with van der Waals surface area (Å²) >= 11 is 0. The van der Waals surface area contributed by atoms with E-state index >= 15 is 0 Å². The fourth-order valence-corrected chi connectivity index (χ4v) is 11.4. The van der Waals surface area contributed by atoms with Crippen molar-refractivity contribution in [1.82, 2.24) is 5.06 Å². The normalized spacial score (nSPS) is 14.1. The third kappa shape index (κ3) is 27.9. The maximum atomic E-state index is 12.3. The first kappa shape index (κ1) is 81.0. The number of carboxylic acids is 2. The molecule has 25 heteroatoms. The van der Waals surface area contributed by atoms with Crippen LogP contribution in [0.4, 0.5) is 22.7 Å². The summed E-state index contributed by atoms with van der Waals surface area (Å²) in [5.74, 6) is -6.63. The number of ketones is 1. The molecular formula is C75H96N8O15S2+2. The topological polar surface area (TPSA) is 309 Å². The monoisotopic (exact) mass is 1410 g/mol. The minimum Gasteiger partial charge on any atom is -0.481 e. The van der Waals surface area contributed by atoms with E-state index in [0.29, 0.717) is 17.9 Å². The molecule has 0 bridgehead atoms. The highest BCUT2D eigenvalue weighted by Crippen LogP contribution is 2.30. The van der Waals surface area contributed by atoms with E-state index in [1.54, 1.807) is 0 Å². The molecule has 1 aliphatic heterocycles. The van der Waals surface area contributed by atoms with Crippen molar-refractivity contribution in [2.75, 3.05) is 115 Å². The molecule has 3 aliphatic rings. The van der Waals surface area contributed by atoms with Crippen LogP contribution in [-0.2, 0) is 53.8 Å². The predicted octanol–water partition coefficient (Wildman–Crippen LogP) is 9.55. The van der Waals surface area contributed by atoms with Crippen molar-refractivity contribution in [3.05, 3.63) is 191 Å². The first-order valence-corrected chi connectivity index (χ1v) is 35.9. The number of carboxylic acid groups (broad SMARTS) is 2. The first-order chi connectivity index (χ1) is 47.2. The number of hydroxylamine groups is 2. The molecule has 0 saturated carbocycles. The first-order valence-electron chi connectivity index (χ1n) is 32.7. The maximum absolute atomic E-state index is 12.3. The number of benzene rings is 4. The van der Waals surface area contributed by atoms with Gasteiger partial charge >= 0.3 is 17.9 Å². The zero-order valence-corrected chi connectivity index (χ0v) is 60.4. The van der Waals surface area contributed by atoms with E-state index < -0.39 is 73.4 Å². The highest BCUT2D eigenvalue weighted by molar-refractivity contribution is 7.86. The van der Waals surface area contributed by atoms with Crippen LogP contribution >= 0.6 is 0 Å². The summed E-state index contributed by atoms with van der Waals surface area (Å²) in [6.45, 7) is 1.48. The summed E-state index contributed by atoms with van der Waals surface area (Å²) in [7, 11) is 11.9. The van der Waals surface area contributed by atoms with Gasteiger partial charge in [-0.25, -0.2) is 13.9 Å². The Morgan fingerprint density at radius 3 is 1.25 bits per heavy atom. The second-order valence-corrected chi connectivity index (χ2v) is 28.3. The van der Waals surface area contributed by atoms with Crippen LogP contribution in [0.2, 0.25) is 0 Å². The van der Waals surface area contributed by atoms with Crippen molar-refractivity contribution in [3.63, 3.8) is 0 Å². The highest BCUT2D eigenvalue weighted by atomic mass is 32.2. The van der Waals surface area contributed by atoms with Gasteiger partial charge in [-0.15, -0.1) is 5.06 Å². The number of unbranched alkanes of at least 4 members (excludes halogenated alkanes) is 2. The largest absolute Gasteiger partial charge is 0.481 e. The minimum atomic E-state index is -4.27. The minimum absolute atomic E-state index is 0.0978. The van der Waals surface area contributed by atoms with Gasteiger partial charge in [0.25, 0.3) is 32.1 Å². The number of hydrogen-bond donors (Lipinski definition) is 5. The number of amides is 2. The summed E-state index contributed by atoms with van der Waals surface area (Å²) in [6.07, 6.45) is 28.2. The highest BCUT2D eigenvalue weighted by Gasteiger charge is 2.33. The number of imide groups is 1. The number of Topliss-reactive ketones (excluding diaryl/α,β-unsaturated/α-hetero) is 1. The number of aliphatic carboxylic acids is 2. The Hall–Kier alpha value is -9.66. The molecule has 100 heavy (non-hydrogen) atoms. The predicted molar refractivity (Wildman–Crippen MR) is 397 cm³/mol. The van der Waals surface area contributed by atoms with Gasteiger partial charge in [-0.05, 0) is 156 Å².